The zero-order valence-corrected chi connectivity index (χ0v) is 14.3. The largest absolute Gasteiger partial charge is 0.329 e. The molecular formula is C19H18FN3O2. The number of benzene rings is 1. The predicted octanol–water partition coefficient (Wildman–Crippen LogP) is 2.53. The molecule has 2 aromatic rings. The van der Waals surface area contributed by atoms with Crippen LogP contribution in [0.25, 0.3) is 0 Å². The third-order valence-corrected chi connectivity index (χ3v) is 3.87. The van der Waals surface area contributed by atoms with Gasteiger partial charge < -0.3 is 0 Å². The van der Waals surface area contributed by atoms with Gasteiger partial charge in [-0.2, -0.15) is 5.26 Å². The van der Waals surface area contributed by atoms with Gasteiger partial charge in [0, 0.05) is 5.56 Å². The van der Waals surface area contributed by atoms with Gasteiger partial charge in [0.2, 0.25) is 0 Å². The standard InChI is InChI=1S/C19H18FN3O2/c1-5-6-23-17(15(11(2)3)18(24)22-19(23)25)16(20)14-8-12(4)7-13(9-14)10-21/h1,7-9,11,16H,6H2,2-4H3,(H,22,24,25). The molecule has 6 heteroatoms. The zero-order chi connectivity index (χ0) is 18.7. The molecule has 1 unspecified atom stereocenters. The number of hydrogen-bond donors (Lipinski definition) is 1. The lowest BCUT2D eigenvalue weighted by Crippen LogP contribution is -2.36. The Morgan fingerprint density at radius 2 is 2.00 bits per heavy atom. The second kappa shape index (κ2) is 7.19. The Hall–Kier alpha value is -3.12. The van der Waals surface area contributed by atoms with Crippen LogP contribution in [-0.2, 0) is 6.54 Å². The van der Waals surface area contributed by atoms with Crippen LogP contribution in [0.2, 0.25) is 0 Å². The first kappa shape index (κ1) is 18.2. The van der Waals surface area contributed by atoms with Crippen molar-refractivity contribution in [3.8, 4) is 18.4 Å². The monoisotopic (exact) mass is 339 g/mol. The zero-order valence-electron chi connectivity index (χ0n) is 14.3. The van der Waals surface area contributed by atoms with Crippen LogP contribution >= 0.6 is 0 Å². The van der Waals surface area contributed by atoms with Gasteiger partial charge in [-0.3, -0.25) is 14.3 Å². The van der Waals surface area contributed by atoms with Crippen LogP contribution in [0, 0.1) is 30.6 Å². The number of terminal acetylenes is 1. The third kappa shape index (κ3) is 3.54. The molecule has 1 aromatic heterocycles. The Bertz CT molecular complexity index is 1000. The lowest BCUT2D eigenvalue weighted by molar-refractivity contribution is 0.371. The number of hydrogen-bond acceptors (Lipinski definition) is 3. The summed E-state index contributed by atoms with van der Waals surface area (Å²) in [5.41, 5.74) is -0.0528. The predicted molar refractivity (Wildman–Crippen MR) is 93.1 cm³/mol. The first-order chi connectivity index (χ1) is 11.8. The second-order valence-electron chi connectivity index (χ2n) is 6.11. The van der Waals surface area contributed by atoms with Crippen molar-refractivity contribution in [3.05, 3.63) is 67.0 Å². The van der Waals surface area contributed by atoms with Crippen LogP contribution < -0.4 is 11.2 Å². The summed E-state index contributed by atoms with van der Waals surface area (Å²) in [5.74, 6) is 2.00. The number of rotatable bonds is 4. The van der Waals surface area contributed by atoms with Gasteiger partial charge in [-0.05, 0) is 36.1 Å². The van der Waals surface area contributed by atoms with Gasteiger partial charge in [0.1, 0.15) is 0 Å². The number of aryl methyl sites for hydroxylation is 1. The summed E-state index contributed by atoms with van der Waals surface area (Å²) in [6.45, 7) is 5.06. The van der Waals surface area contributed by atoms with Crippen molar-refractivity contribution in [3.63, 3.8) is 0 Å². The van der Waals surface area contributed by atoms with Gasteiger partial charge in [-0.1, -0.05) is 25.8 Å². The Morgan fingerprint density at radius 3 is 2.56 bits per heavy atom. The average molecular weight is 339 g/mol. The highest BCUT2D eigenvalue weighted by Gasteiger charge is 2.26. The maximum atomic E-state index is 15.4. The number of aromatic nitrogens is 2. The van der Waals surface area contributed by atoms with E-state index in [-0.39, 0.29) is 29.3 Å². The topological polar surface area (TPSA) is 78.7 Å². The van der Waals surface area contributed by atoms with Crippen molar-refractivity contribution < 1.29 is 4.39 Å². The summed E-state index contributed by atoms with van der Waals surface area (Å²) in [4.78, 5) is 26.6. The van der Waals surface area contributed by atoms with Gasteiger partial charge in [0.25, 0.3) is 5.56 Å². The molecule has 0 aliphatic heterocycles. The van der Waals surface area contributed by atoms with Crippen molar-refractivity contribution in [2.75, 3.05) is 0 Å². The molecule has 0 aliphatic carbocycles. The number of nitriles is 1. The molecular weight excluding hydrogens is 321 g/mol. The lowest BCUT2D eigenvalue weighted by Gasteiger charge is -2.20. The van der Waals surface area contributed by atoms with Gasteiger partial charge in [-0.15, -0.1) is 6.42 Å². The smallest absolute Gasteiger partial charge is 0.282 e. The molecule has 0 bridgehead atoms. The number of nitrogens with one attached hydrogen (secondary N) is 1. The highest BCUT2D eigenvalue weighted by Crippen LogP contribution is 2.31. The van der Waals surface area contributed by atoms with E-state index < -0.39 is 17.4 Å². The maximum absolute atomic E-state index is 15.4. The van der Waals surface area contributed by atoms with E-state index in [0.717, 1.165) is 4.57 Å². The molecule has 2 rings (SSSR count). The first-order valence-corrected chi connectivity index (χ1v) is 7.76. The summed E-state index contributed by atoms with van der Waals surface area (Å²) >= 11 is 0. The fraction of sp³-hybridized carbons (Fsp3) is 0.316. The highest BCUT2D eigenvalue weighted by atomic mass is 19.1. The van der Waals surface area contributed by atoms with Crippen molar-refractivity contribution in [2.24, 2.45) is 0 Å². The van der Waals surface area contributed by atoms with E-state index in [1.54, 1.807) is 32.9 Å². The fourth-order valence-corrected chi connectivity index (χ4v) is 2.86. The Morgan fingerprint density at radius 1 is 1.32 bits per heavy atom. The van der Waals surface area contributed by atoms with Crippen LogP contribution in [0.5, 0.6) is 0 Å². The van der Waals surface area contributed by atoms with Crippen LogP contribution in [0.1, 0.15) is 53.9 Å². The Kier molecular flexibility index (Phi) is 5.24. The van der Waals surface area contributed by atoms with E-state index in [2.05, 4.69) is 10.9 Å². The molecule has 1 N–H and O–H groups in total. The number of nitrogens with zero attached hydrogens (tertiary/aromatic N) is 2. The number of H-pyrrole nitrogens is 1. The van der Waals surface area contributed by atoms with Crippen LogP contribution in [0.3, 0.4) is 0 Å². The molecule has 0 saturated heterocycles. The maximum Gasteiger partial charge on any atom is 0.329 e. The fourth-order valence-electron chi connectivity index (χ4n) is 2.86. The van der Waals surface area contributed by atoms with Gasteiger partial charge in [0.15, 0.2) is 6.17 Å². The summed E-state index contributed by atoms with van der Waals surface area (Å²) in [6.07, 6.45) is 3.55. The van der Waals surface area contributed by atoms with E-state index in [1.165, 1.54) is 6.07 Å². The molecule has 128 valence electrons. The highest BCUT2D eigenvalue weighted by molar-refractivity contribution is 5.41. The molecule has 0 aliphatic rings. The molecule has 0 radical (unpaired) electrons. The lowest BCUT2D eigenvalue weighted by atomic mass is 9.95. The summed E-state index contributed by atoms with van der Waals surface area (Å²) < 4.78 is 16.5. The summed E-state index contributed by atoms with van der Waals surface area (Å²) in [5, 5.41) is 9.10. The van der Waals surface area contributed by atoms with E-state index in [4.69, 9.17) is 11.7 Å². The van der Waals surface area contributed by atoms with E-state index in [1.807, 2.05) is 6.07 Å². The van der Waals surface area contributed by atoms with Gasteiger partial charge >= 0.3 is 5.69 Å². The van der Waals surface area contributed by atoms with Crippen molar-refractivity contribution in [2.45, 2.75) is 39.4 Å². The second-order valence-corrected chi connectivity index (χ2v) is 6.11. The molecule has 1 heterocycles. The molecule has 0 saturated carbocycles. The van der Waals surface area contributed by atoms with Crippen LogP contribution in [0.4, 0.5) is 4.39 Å². The molecule has 1 aromatic carbocycles. The van der Waals surface area contributed by atoms with E-state index >= 15 is 4.39 Å². The number of aromatic amines is 1. The van der Waals surface area contributed by atoms with E-state index in [0.29, 0.717) is 11.1 Å². The van der Waals surface area contributed by atoms with Crippen molar-refractivity contribution >= 4 is 0 Å². The molecule has 1 atom stereocenters. The number of halogens is 1. The minimum atomic E-state index is -1.76. The molecule has 0 amide bonds. The average Bonchev–Trinajstić information content (AvgIpc) is 2.55. The van der Waals surface area contributed by atoms with Crippen molar-refractivity contribution in [1.82, 2.24) is 9.55 Å². The Balaban J connectivity index is 2.83. The number of alkyl halides is 1. The minimum Gasteiger partial charge on any atom is -0.282 e. The van der Waals surface area contributed by atoms with E-state index in [9.17, 15) is 9.59 Å². The Labute approximate surface area is 144 Å². The third-order valence-electron chi connectivity index (χ3n) is 3.87. The summed E-state index contributed by atoms with van der Waals surface area (Å²) in [7, 11) is 0. The minimum absolute atomic E-state index is 0.0591. The van der Waals surface area contributed by atoms with Gasteiger partial charge in [-0.25, -0.2) is 9.18 Å². The molecule has 0 fully saturated rings. The first-order valence-electron chi connectivity index (χ1n) is 7.76. The molecule has 0 spiro atoms. The SMILES string of the molecule is C#CCn1c(C(F)c2cc(C)cc(C#N)c2)c(C(C)C)c(=O)[nH]c1=O. The quantitative estimate of drug-likeness (QED) is 0.870. The molecule has 5 nitrogen and oxygen atoms in total. The van der Waals surface area contributed by atoms with Gasteiger partial charge in [0.05, 0.1) is 23.9 Å². The summed E-state index contributed by atoms with van der Waals surface area (Å²) in [6, 6.07) is 6.61. The normalized spacial score (nSPS) is 11.8. The van der Waals surface area contributed by atoms with Crippen molar-refractivity contribution in [1.29, 1.82) is 5.26 Å². The molecule has 25 heavy (non-hydrogen) atoms. The van der Waals surface area contributed by atoms with Crippen LogP contribution in [0.15, 0.2) is 27.8 Å². The van der Waals surface area contributed by atoms with Crippen LogP contribution in [-0.4, -0.2) is 9.55 Å².